The number of nitrogens with two attached hydrogens (primary N) is 1. The predicted octanol–water partition coefficient (Wildman–Crippen LogP) is 1.33. The maximum absolute atomic E-state index is 11.9. The van der Waals surface area contributed by atoms with E-state index in [0.717, 1.165) is 6.61 Å². The summed E-state index contributed by atoms with van der Waals surface area (Å²) in [5, 5.41) is 13.3. The van der Waals surface area contributed by atoms with Crippen molar-refractivity contribution in [2.45, 2.75) is 12.8 Å². The van der Waals surface area contributed by atoms with Gasteiger partial charge in [0.15, 0.2) is 0 Å². The third kappa shape index (κ3) is 3.92. The third-order valence-electron chi connectivity index (χ3n) is 3.07. The second-order valence-corrected chi connectivity index (χ2v) is 4.80. The van der Waals surface area contributed by atoms with E-state index in [-0.39, 0.29) is 16.9 Å². The molecule has 1 fully saturated rings. The fourth-order valence-electron chi connectivity index (χ4n) is 1.72. The minimum absolute atomic E-state index is 0.112. The molecule has 0 aliphatic heterocycles. The molecule has 0 unspecified atom stereocenters. The van der Waals surface area contributed by atoms with E-state index in [1.54, 1.807) is 0 Å². The summed E-state index contributed by atoms with van der Waals surface area (Å²) in [5.74, 6) is 0.249. The number of hydrogen-bond donors (Lipinski definition) is 2. The van der Waals surface area contributed by atoms with Gasteiger partial charge in [0, 0.05) is 31.0 Å². The van der Waals surface area contributed by atoms with Crippen LogP contribution in [-0.4, -0.2) is 30.6 Å². The van der Waals surface area contributed by atoms with Gasteiger partial charge in [0.1, 0.15) is 0 Å². The van der Waals surface area contributed by atoms with Gasteiger partial charge >= 0.3 is 0 Å². The number of hydrogen-bond acceptors (Lipinski definition) is 5. The Morgan fingerprint density at radius 3 is 2.90 bits per heavy atom. The molecule has 0 bridgehead atoms. The first kappa shape index (κ1) is 14.3. The largest absolute Gasteiger partial charge is 0.398 e. The van der Waals surface area contributed by atoms with Crippen molar-refractivity contribution >= 4 is 17.3 Å². The van der Waals surface area contributed by atoms with E-state index < -0.39 is 10.8 Å². The van der Waals surface area contributed by atoms with Gasteiger partial charge in [-0.05, 0) is 24.8 Å². The standard InChI is InChI=1S/C13H17N3O4/c14-12-4-3-10(16(18)19)7-11(12)13(17)15-5-6-20-8-9-1-2-9/h3-4,7,9H,1-2,5-6,8,14H2,(H,15,17). The van der Waals surface area contributed by atoms with Gasteiger partial charge in [-0.25, -0.2) is 0 Å². The van der Waals surface area contributed by atoms with Gasteiger partial charge in [-0.2, -0.15) is 0 Å². The van der Waals surface area contributed by atoms with Crippen LogP contribution < -0.4 is 11.1 Å². The van der Waals surface area contributed by atoms with Crippen LogP contribution in [0.1, 0.15) is 23.2 Å². The number of anilines is 1. The van der Waals surface area contributed by atoms with Crippen LogP contribution in [0, 0.1) is 16.0 Å². The van der Waals surface area contributed by atoms with Gasteiger partial charge in [-0.3, -0.25) is 14.9 Å². The maximum Gasteiger partial charge on any atom is 0.270 e. The molecule has 108 valence electrons. The first-order valence-electron chi connectivity index (χ1n) is 6.48. The lowest BCUT2D eigenvalue weighted by atomic mass is 10.1. The summed E-state index contributed by atoms with van der Waals surface area (Å²) in [7, 11) is 0. The van der Waals surface area contributed by atoms with E-state index in [0.29, 0.717) is 19.1 Å². The highest BCUT2D eigenvalue weighted by Crippen LogP contribution is 2.28. The summed E-state index contributed by atoms with van der Waals surface area (Å²) in [6.07, 6.45) is 2.44. The molecular formula is C13H17N3O4. The highest BCUT2D eigenvalue weighted by molar-refractivity contribution is 5.99. The molecule has 1 aromatic carbocycles. The average molecular weight is 279 g/mol. The number of carbonyl (C=O) groups excluding carboxylic acids is 1. The highest BCUT2D eigenvalue weighted by Gasteiger charge is 2.21. The van der Waals surface area contributed by atoms with Crippen LogP contribution in [0.4, 0.5) is 11.4 Å². The smallest absolute Gasteiger partial charge is 0.270 e. The van der Waals surface area contributed by atoms with Gasteiger partial charge < -0.3 is 15.8 Å². The molecular weight excluding hydrogens is 262 g/mol. The van der Waals surface area contributed by atoms with E-state index in [1.807, 2.05) is 0 Å². The molecule has 1 saturated carbocycles. The number of rotatable bonds is 7. The van der Waals surface area contributed by atoms with Crippen molar-refractivity contribution in [2.75, 3.05) is 25.5 Å². The number of non-ortho nitro benzene ring substituents is 1. The van der Waals surface area contributed by atoms with Crippen LogP contribution in [0.25, 0.3) is 0 Å². The zero-order valence-corrected chi connectivity index (χ0v) is 11.0. The Morgan fingerprint density at radius 1 is 1.50 bits per heavy atom. The molecule has 0 atom stereocenters. The first-order chi connectivity index (χ1) is 9.58. The number of benzene rings is 1. The zero-order valence-electron chi connectivity index (χ0n) is 11.0. The van der Waals surface area contributed by atoms with Gasteiger partial charge in [-0.1, -0.05) is 0 Å². The highest BCUT2D eigenvalue weighted by atomic mass is 16.6. The van der Waals surface area contributed by atoms with E-state index in [1.165, 1.54) is 31.0 Å². The van der Waals surface area contributed by atoms with Gasteiger partial charge in [0.05, 0.1) is 17.1 Å². The third-order valence-corrected chi connectivity index (χ3v) is 3.07. The number of nitro benzene ring substituents is 1. The normalized spacial score (nSPS) is 14.0. The summed E-state index contributed by atoms with van der Waals surface area (Å²) in [4.78, 5) is 22.0. The fourth-order valence-corrected chi connectivity index (χ4v) is 1.72. The Morgan fingerprint density at radius 2 is 2.25 bits per heavy atom. The van der Waals surface area contributed by atoms with Crippen LogP contribution in [-0.2, 0) is 4.74 Å². The van der Waals surface area contributed by atoms with Crippen molar-refractivity contribution in [3.8, 4) is 0 Å². The first-order valence-corrected chi connectivity index (χ1v) is 6.48. The number of nitrogen functional groups attached to an aromatic ring is 1. The van der Waals surface area contributed by atoms with E-state index in [4.69, 9.17) is 10.5 Å². The minimum atomic E-state index is -0.561. The number of amides is 1. The minimum Gasteiger partial charge on any atom is -0.398 e. The number of ether oxygens (including phenoxy) is 1. The molecule has 3 N–H and O–H groups in total. The number of nitrogens with zero attached hydrogens (tertiary/aromatic N) is 1. The van der Waals surface area contributed by atoms with Gasteiger partial charge in [0.25, 0.3) is 11.6 Å². The molecule has 0 radical (unpaired) electrons. The Kier molecular flexibility index (Phi) is 4.52. The van der Waals surface area contributed by atoms with Crippen LogP contribution in [0.2, 0.25) is 0 Å². The van der Waals surface area contributed by atoms with Crippen LogP contribution in [0.5, 0.6) is 0 Å². The molecule has 1 amide bonds. The monoisotopic (exact) mass is 279 g/mol. The van der Waals surface area contributed by atoms with Crippen molar-refractivity contribution in [3.05, 3.63) is 33.9 Å². The van der Waals surface area contributed by atoms with Crippen molar-refractivity contribution in [3.63, 3.8) is 0 Å². The summed E-state index contributed by atoms with van der Waals surface area (Å²) in [6.45, 7) is 1.51. The zero-order chi connectivity index (χ0) is 14.5. The number of nitrogens with one attached hydrogen (secondary N) is 1. The molecule has 0 aromatic heterocycles. The van der Waals surface area contributed by atoms with Crippen molar-refractivity contribution in [1.82, 2.24) is 5.32 Å². The van der Waals surface area contributed by atoms with Crippen molar-refractivity contribution < 1.29 is 14.5 Å². The Labute approximate surface area is 116 Å². The molecule has 0 saturated heterocycles. The van der Waals surface area contributed by atoms with Gasteiger partial charge in [0.2, 0.25) is 0 Å². The van der Waals surface area contributed by atoms with E-state index >= 15 is 0 Å². The average Bonchev–Trinajstić information content (AvgIpc) is 3.22. The number of carbonyl (C=O) groups is 1. The molecule has 1 aromatic rings. The molecule has 7 nitrogen and oxygen atoms in total. The second-order valence-electron chi connectivity index (χ2n) is 4.80. The SMILES string of the molecule is Nc1ccc([N+](=O)[O-])cc1C(=O)NCCOCC1CC1. The molecule has 0 spiro atoms. The van der Waals surface area contributed by atoms with Crippen molar-refractivity contribution in [1.29, 1.82) is 0 Å². The summed E-state index contributed by atoms with van der Waals surface area (Å²) in [6, 6.07) is 3.80. The van der Waals surface area contributed by atoms with E-state index in [2.05, 4.69) is 5.32 Å². The Balaban J connectivity index is 1.83. The van der Waals surface area contributed by atoms with Crippen LogP contribution >= 0.6 is 0 Å². The summed E-state index contributed by atoms with van der Waals surface area (Å²) >= 11 is 0. The lowest BCUT2D eigenvalue weighted by Crippen LogP contribution is -2.28. The predicted molar refractivity (Wildman–Crippen MR) is 73.4 cm³/mol. The Hall–Kier alpha value is -2.15. The summed E-state index contributed by atoms with van der Waals surface area (Å²) < 4.78 is 5.38. The lowest BCUT2D eigenvalue weighted by molar-refractivity contribution is -0.384. The van der Waals surface area contributed by atoms with E-state index in [9.17, 15) is 14.9 Å². The molecule has 20 heavy (non-hydrogen) atoms. The molecule has 1 aliphatic carbocycles. The molecule has 0 heterocycles. The van der Waals surface area contributed by atoms with Crippen molar-refractivity contribution in [2.24, 2.45) is 5.92 Å². The maximum atomic E-state index is 11.9. The molecule has 7 heteroatoms. The molecule has 2 rings (SSSR count). The molecule has 1 aliphatic rings. The fraction of sp³-hybridized carbons (Fsp3) is 0.462. The van der Waals surface area contributed by atoms with Gasteiger partial charge in [-0.15, -0.1) is 0 Å². The quantitative estimate of drug-likeness (QED) is 0.339. The Bertz CT molecular complexity index is 514. The second kappa shape index (κ2) is 6.33. The van der Waals surface area contributed by atoms with Crippen LogP contribution in [0.3, 0.4) is 0 Å². The lowest BCUT2D eigenvalue weighted by Gasteiger charge is -2.08. The number of nitro groups is 1. The summed E-state index contributed by atoms with van der Waals surface area (Å²) in [5.41, 5.74) is 5.82. The topological polar surface area (TPSA) is 107 Å². The van der Waals surface area contributed by atoms with Crippen LogP contribution in [0.15, 0.2) is 18.2 Å².